The molecule has 0 aliphatic heterocycles. The van der Waals surface area contributed by atoms with Gasteiger partial charge < -0.3 is 10.0 Å². The van der Waals surface area contributed by atoms with Gasteiger partial charge in [0.1, 0.15) is 0 Å². The van der Waals surface area contributed by atoms with E-state index in [0.29, 0.717) is 5.46 Å². The fraction of sp³-hybridized carbons (Fsp3) is 0. The molecule has 0 aliphatic carbocycles. The summed E-state index contributed by atoms with van der Waals surface area (Å²) in [6.07, 6.45) is 0. The van der Waals surface area contributed by atoms with Crippen molar-refractivity contribution in [1.29, 1.82) is 0 Å². The summed E-state index contributed by atoms with van der Waals surface area (Å²) in [4.78, 5) is 0. The first-order chi connectivity index (χ1) is 16.7. The van der Waals surface area contributed by atoms with Gasteiger partial charge in [0.2, 0.25) is 0 Å². The SMILES string of the molecule is OB(O)c1ccc(-c2ccc([Si](c3ccccc3)(c3ccccc3)c3ccccc3)cc2)cc1. The highest BCUT2D eigenvalue weighted by molar-refractivity contribution is 7.19. The molecule has 2 N–H and O–H groups in total. The Morgan fingerprint density at radius 2 is 0.706 bits per heavy atom. The minimum absolute atomic E-state index is 0.490. The Kier molecular flexibility index (Phi) is 6.28. The molecule has 0 atom stereocenters. The van der Waals surface area contributed by atoms with Gasteiger partial charge in [-0.3, -0.25) is 0 Å². The molecule has 164 valence electrons. The summed E-state index contributed by atoms with van der Waals surface area (Å²) >= 11 is 0. The largest absolute Gasteiger partial charge is 0.488 e. The molecule has 0 fully saturated rings. The third kappa shape index (κ3) is 4.04. The highest BCUT2D eigenvalue weighted by Crippen LogP contribution is 2.18. The third-order valence-corrected chi connectivity index (χ3v) is 11.3. The van der Waals surface area contributed by atoms with Crippen LogP contribution in [-0.4, -0.2) is 25.2 Å². The molecular formula is C30H25BO2Si. The van der Waals surface area contributed by atoms with E-state index in [4.69, 9.17) is 0 Å². The van der Waals surface area contributed by atoms with Gasteiger partial charge in [0.25, 0.3) is 0 Å². The molecule has 5 aromatic rings. The van der Waals surface area contributed by atoms with E-state index >= 15 is 0 Å². The van der Waals surface area contributed by atoms with Gasteiger partial charge in [0.05, 0.1) is 0 Å². The second kappa shape index (κ2) is 9.66. The first-order valence-corrected chi connectivity index (χ1v) is 13.4. The fourth-order valence-corrected chi connectivity index (χ4v) is 9.57. The molecule has 0 amide bonds. The first kappa shape index (κ1) is 22.1. The summed E-state index contributed by atoms with van der Waals surface area (Å²) in [5, 5.41) is 24.2. The van der Waals surface area contributed by atoms with Gasteiger partial charge in [-0.2, -0.15) is 0 Å². The number of hydrogen-bond donors (Lipinski definition) is 2. The molecule has 0 unspecified atom stereocenters. The Hall–Kier alpha value is -3.70. The first-order valence-electron chi connectivity index (χ1n) is 11.4. The number of rotatable bonds is 6. The molecule has 0 saturated carbocycles. The second-order valence-electron chi connectivity index (χ2n) is 8.42. The van der Waals surface area contributed by atoms with Crippen molar-refractivity contribution in [3.63, 3.8) is 0 Å². The van der Waals surface area contributed by atoms with Crippen LogP contribution in [0.4, 0.5) is 0 Å². The van der Waals surface area contributed by atoms with E-state index in [1.54, 1.807) is 12.1 Å². The Balaban J connectivity index is 1.70. The highest BCUT2D eigenvalue weighted by Gasteiger charge is 2.41. The van der Waals surface area contributed by atoms with E-state index in [9.17, 15) is 10.0 Å². The normalized spacial score (nSPS) is 11.2. The molecule has 0 bridgehead atoms. The van der Waals surface area contributed by atoms with Crippen LogP contribution in [0.1, 0.15) is 0 Å². The van der Waals surface area contributed by atoms with Crippen LogP contribution < -0.4 is 26.2 Å². The van der Waals surface area contributed by atoms with Crippen LogP contribution in [0.3, 0.4) is 0 Å². The Morgan fingerprint density at radius 3 is 1.06 bits per heavy atom. The zero-order valence-corrected chi connectivity index (χ0v) is 19.8. The van der Waals surface area contributed by atoms with Gasteiger partial charge in [-0.1, -0.05) is 140 Å². The van der Waals surface area contributed by atoms with Crippen molar-refractivity contribution in [3.8, 4) is 11.1 Å². The lowest BCUT2D eigenvalue weighted by Crippen LogP contribution is -2.74. The zero-order valence-electron chi connectivity index (χ0n) is 18.8. The molecule has 0 radical (unpaired) electrons. The lowest BCUT2D eigenvalue weighted by atomic mass is 9.80. The van der Waals surface area contributed by atoms with Crippen molar-refractivity contribution in [3.05, 3.63) is 140 Å². The molecule has 4 heteroatoms. The summed E-state index contributed by atoms with van der Waals surface area (Å²) in [5.74, 6) is 0. The van der Waals surface area contributed by atoms with Crippen LogP contribution in [0.2, 0.25) is 0 Å². The Labute approximate surface area is 202 Å². The second-order valence-corrected chi connectivity index (χ2v) is 12.2. The maximum atomic E-state index is 9.40. The monoisotopic (exact) mass is 456 g/mol. The molecule has 0 heterocycles. The third-order valence-electron chi connectivity index (χ3n) is 6.48. The van der Waals surface area contributed by atoms with Crippen LogP contribution in [0, 0.1) is 0 Å². The van der Waals surface area contributed by atoms with Gasteiger partial charge in [0, 0.05) is 0 Å². The topological polar surface area (TPSA) is 40.5 Å². The zero-order chi connectivity index (χ0) is 23.4. The summed E-state index contributed by atoms with van der Waals surface area (Å²) in [6.45, 7) is 0. The highest BCUT2D eigenvalue weighted by atomic mass is 28.3. The van der Waals surface area contributed by atoms with Crippen molar-refractivity contribution in [2.75, 3.05) is 0 Å². The fourth-order valence-electron chi connectivity index (χ4n) is 4.82. The van der Waals surface area contributed by atoms with E-state index in [0.717, 1.165) is 11.1 Å². The van der Waals surface area contributed by atoms with Gasteiger partial charge in [-0.25, -0.2) is 0 Å². The van der Waals surface area contributed by atoms with Crippen LogP contribution in [0.5, 0.6) is 0 Å². The van der Waals surface area contributed by atoms with E-state index in [-0.39, 0.29) is 0 Å². The van der Waals surface area contributed by atoms with Crippen molar-refractivity contribution < 1.29 is 10.0 Å². The van der Waals surface area contributed by atoms with E-state index in [1.165, 1.54) is 20.7 Å². The summed E-state index contributed by atoms with van der Waals surface area (Å²) in [7, 11) is -3.97. The van der Waals surface area contributed by atoms with Gasteiger partial charge >= 0.3 is 7.12 Å². The Bertz CT molecular complexity index is 1240. The van der Waals surface area contributed by atoms with Crippen LogP contribution in [0.25, 0.3) is 11.1 Å². The average molecular weight is 456 g/mol. The molecule has 5 rings (SSSR count). The van der Waals surface area contributed by atoms with Crippen molar-refractivity contribution >= 4 is 41.4 Å². The minimum Gasteiger partial charge on any atom is -0.423 e. The molecule has 0 saturated heterocycles. The molecule has 0 aromatic heterocycles. The predicted octanol–water partition coefficient (Wildman–Crippen LogP) is 2.41. The average Bonchev–Trinajstić information content (AvgIpc) is 2.91. The standard InChI is InChI=1S/C30H25BO2Si/c32-31(33)26-20-16-24(17-21-26)25-18-22-30(23-19-25)34(27-10-4-1-5-11-27,28-12-6-2-7-13-28)29-14-8-3-9-15-29/h1-23,32-33H. The molecule has 0 aliphatic rings. The van der Waals surface area contributed by atoms with Crippen LogP contribution in [-0.2, 0) is 0 Å². The van der Waals surface area contributed by atoms with Gasteiger partial charge in [-0.05, 0) is 37.3 Å². The van der Waals surface area contributed by atoms with Gasteiger partial charge in [-0.15, -0.1) is 0 Å². The Morgan fingerprint density at radius 1 is 0.382 bits per heavy atom. The quantitative estimate of drug-likeness (QED) is 0.305. The van der Waals surface area contributed by atoms with Gasteiger partial charge in [0.15, 0.2) is 8.07 Å². The molecule has 34 heavy (non-hydrogen) atoms. The maximum absolute atomic E-state index is 9.40. The van der Waals surface area contributed by atoms with E-state index < -0.39 is 15.2 Å². The lowest BCUT2D eigenvalue weighted by molar-refractivity contribution is 0.426. The molecule has 0 spiro atoms. The summed E-state index contributed by atoms with van der Waals surface area (Å²) in [5.41, 5.74) is 2.63. The number of hydrogen-bond acceptors (Lipinski definition) is 2. The molecule has 2 nitrogen and oxygen atoms in total. The molecule has 5 aromatic carbocycles. The summed E-state index contributed by atoms with van der Waals surface area (Å²) in [6, 6.07) is 48.9. The number of benzene rings is 5. The predicted molar refractivity (Wildman–Crippen MR) is 145 cm³/mol. The maximum Gasteiger partial charge on any atom is 0.488 e. The molecular weight excluding hydrogens is 431 g/mol. The van der Waals surface area contributed by atoms with E-state index in [2.05, 4.69) is 115 Å². The van der Waals surface area contributed by atoms with Crippen LogP contribution >= 0.6 is 0 Å². The smallest absolute Gasteiger partial charge is 0.423 e. The van der Waals surface area contributed by atoms with Crippen LogP contribution in [0.15, 0.2) is 140 Å². The van der Waals surface area contributed by atoms with Crippen molar-refractivity contribution in [1.82, 2.24) is 0 Å². The van der Waals surface area contributed by atoms with Crippen molar-refractivity contribution in [2.24, 2.45) is 0 Å². The van der Waals surface area contributed by atoms with E-state index in [1.807, 2.05) is 12.1 Å². The minimum atomic E-state index is -2.51. The van der Waals surface area contributed by atoms with Crippen molar-refractivity contribution in [2.45, 2.75) is 0 Å². The lowest BCUT2D eigenvalue weighted by Gasteiger charge is -2.34. The summed E-state index contributed by atoms with van der Waals surface area (Å²) < 4.78 is 0.